The summed E-state index contributed by atoms with van der Waals surface area (Å²) >= 11 is 0. The number of likely N-dealkylation sites (tertiary alicyclic amines) is 1. The van der Waals surface area contributed by atoms with Gasteiger partial charge in [0.15, 0.2) is 6.29 Å². The molecule has 0 aromatic heterocycles. The molecule has 0 radical (unpaired) electrons. The Hall–Kier alpha value is -2.78. The van der Waals surface area contributed by atoms with E-state index in [1.807, 2.05) is 36.4 Å². The van der Waals surface area contributed by atoms with Crippen molar-refractivity contribution in [1.29, 1.82) is 0 Å². The van der Waals surface area contributed by atoms with Gasteiger partial charge in [0, 0.05) is 56.2 Å². The number of ether oxygens (including phenoxy) is 2. The highest BCUT2D eigenvalue weighted by atomic mass is 16.7. The number of fused-ring (bicyclic) bond motifs is 2. The number of hydrogen-bond acceptors (Lipinski definition) is 6. The highest BCUT2D eigenvalue weighted by molar-refractivity contribution is 5.90. The Kier molecular flexibility index (Phi) is 10.7. The first kappa shape index (κ1) is 33.6. The predicted octanol–water partition coefficient (Wildman–Crippen LogP) is 6.51. The fourth-order valence-electron chi connectivity index (χ4n) is 8.15. The highest BCUT2D eigenvalue weighted by Gasteiger charge is 2.51. The third-order valence-corrected chi connectivity index (χ3v) is 9.98. The third-order valence-electron chi connectivity index (χ3n) is 9.98. The molecule has 3 N–H and O–H groups in total. The summed E-state index contributed by atoms with van der Waals surface area (Å²) in [7, 11) is 0. The van der Waals surface area contributed by atoms with Crippen molar-refractivity contribution in [3.63, 3.8) is 0 Å². The topological polar surface area (TPSA) is 100 Å². The van der Waals surface area contributed by atoms with E-state index < -0.39 is 6.29 Å². The quantitative estimate of drug-likeness (QED) is 0.235. The van der Waals surface area contributed by atoms with Gasteiger partial charge in [-0.2, -0.15) is 0 Å². The zero-order valence-electron chi connectivity index (χ0n) is 27.8. The Morgan fingerprint density at radius 2 is 1.67 bits per heavy atom. The molecule has 2 aromatic carbocycles. The molecule has 2 unspecified atom stereocenters. The molecule has 2 heterocycles. The number of nitrogens with zero attached hydrogens (tertiary/aromatic N) is 1. The molecule has 1 saturated carbocycles. The van der Waals surface area contributed by atoms with Crippen LogP contribution in [-0.2, 0) is 25.7 Å². The first-order chi connectivity index (χ1) is 21.4. The van der Waals surface area contributed by atoms with Gasteiger partial charge in [0.25, 0.3) is 0 Å². The van der Waals surface area contributed by atoms with E-state index in [-0.39, 0.29) is 36.5 Å². The SMILES string of the molecule is CC(=O)NCCCCCC(=O)Nc1ccc([C@H]2O[C@@H](CN3CC4(C)CC3CC(C)(C)C4)[C@@H](C)[C@@H](c3ccc(CO)cc3)O2)cc1. The van der Waals surface area contributed by atoms with Crippen LogP contribution < -0.4 is 10.6 Å². The highest BCUT2D eigenvalue weighted by Crippen LogP contribution is 2.53. The molecule has 8 nitrogen and oxygen atoms in total. The molecule has 246 valence electrons. The summed E-state index contributed by atoms with van der Waals surface area (Å²) in [6.45, 7) is 13.7. The number of amides is 2. The van der Waals surface area contributed by atoms with Crippen molar-refractivity contribution in [3.8, 4) is 0 Å². The minimum Gasteiger partial charge on any atom is -0.392 e. The summed E-state index contributed by atoms with van der Waals surface area (Å²) in [5.41, 5.74) is 4.36. The van der Waals surface area contributed by atoms with Gasteiger partial charge in [-0.3, -0.25) is 14.5 Å². The lowest BCUT2D eigenvalue weighted by molar-refractivity contribution is -0.276. The standard InChI is InChI=1S/C37H53N3O5/c1-25-32(21-40-24-37(5)20-31(40)19-36(3,4)23-37)44-35(45-34(25)28-12-10-27(22-41)11-13-28)29-14-16-30(17-15-29)39-33(43)9-7-6-8-18-38-26(2)42/h10-17,25,31-32,34-35,41H,6-9,18-24H2,1-5H3,(H,38,42)(H,39,43)/t25-,31?,32+,34+,35+,37?/m1/s1. The maximum atomic E-state index is 12.5. The monoisotopic (exact) mass is 619 g/mol. The zero-order chi connectivity index (χ0) is 32.2. The van der Waals surface area contributed by atoms with E-state index in [4.69, 9.17) is 9.47 Å². The van der Waals surface area contributed by atoms with Gasteiger partial charge in [-0.05, 0) is 66.2 Å². The van der Waals surface area contributed by atoms with Gasteiger partial charge >= 0.3 is 0 Å². The van der Waals surface area contributed by atoms with Gasteiger partial charge in [0.2, 0.25) is 11.8 Å². The minimum atomic E-state index is -0.531. The number of rotatable bonds is 12. The van der Waals surface area contributed by atoms with Crippen molar-refractivity contribution in [2.24, 2.45) is 16.7 Å². The molecular formula is C37H53N3O5. The lowest BCUT2D eigenvalue weighted by Gasteiger charge is -2.43. The molecule has 8 heteroatoms. The number of hydrogen-bond donors (Lipinski definition) is 3. The lowest BCUT2D eigenvalue weighted by Crippen LogP contribution is -2.46. The van der Waals surface area contributed by atoms with Gasteiger partial charge in [-0.15, -0.1) is 0 Å². The van der Waals surface area contributed by atoms with Crippen LogP contribution in [0.5, 0.6) is 0 Å². The van der Waals surface area contributed by atoms with E-state index in [1.165, 1.54) is 26.2 Å². The number of anilines is 1. The summed E-state index contributed by atoms with van der Waals surface area (Å²) in [5, 5.41) is 15.4. The van der Waals surface area contributed by atoms with Crippen molar-refractivity contribution in [1.82, 2.24) is 10.2 Å². The van der Waals surface area contributed by atoms with E-state index in [0.717, 1.165) is 54.7 Å². The number of aliphatic hydroxyl groups excluding tert-OH is 1. The largest absolute Gasteiger partial charge is 0.392 e. The molecule has 5 rings (SSSR count). The van der Waals surface area contributed by atoms with Crippen molar-refractivity contribution in [2.75, 3.05) is 25.0 Å². The van der Waals surface area contributed by atoms with Gasteiger partial charge in [0.1, 0.15) is 0 Å². The average Bonchev–Trinajstić information content (AvgIpc) is 3.23. The number of nitrogens with one attached hydrogen (secondary N) is 2. The van der Waals surface area contributed by atoms with Crippen molar-refractivity contribution < 1.29 is 24.2 Å². The van der Waals surface area contributed by atoms with Crippen molar-refractivity contribution in [2.45, 2.75) is 111 Å². The van der Waals surface area contributed by atoms with E-state index in [2.05, 4.69) is 55.4 Å². The smallest absolute Gasteiger partial charge is 0.224 e. The number of carbonyl (C=O) groups is 2. The van der Waals surface area contributed by atoms with E-state index >= 15 is 0 Å². The van der Waals surface area contributed by atoms with Crippen LogP contribution in [0.3, 0.4) is 0 Å². The maximum absolute atomic E-state index is 12.5. The minimum absolute atomic E-state index is 0.0117. The fourth-order valence-corrected chi connectivity index (χ4v) is 8.15. The van der Waals surface area contributed by atoms with Gasteiger partial charge < -0.3 is 25.2 Å². The van der Waals surface area contributed by atoms with Crippen LogP contribution in [0.4, 0.5) is 5.69 Å². The molecular weight excluding hydrogens is 566 g/mol. The number of unbranched alkanes of at least 4 members (excludes halogenated alkanes) is 2. The Balaban J connectivity index is 1.25. The summed E-state index contributed by atoms with van der Waals surface area (Å²) in [6.07, 6.45) is 6.03. The molecule has 1 aliphatic carbocycles. The molecule has 2 aromatic rings. The number of carbonyl (C=O) groups excluding carboxylic acids is 2. The second-order valence-corrected chi connectivity index (χ2v) is 14.9. The predicted molar refractivity (Wildman–Crippen MR) is 176 cm³/mol. The molecule has 2 amide bonds. The third kappa shape index (κ3) is 8.73. The molecule has 45 heavy (non-hydrogen) atoms. The summed E-state index contributed by atoms with van der Waals surface area (Å²) in [5.74, 6) is 0.101. The van der Waals surface area contributed by atoms with Gasteiger partial charge in [-0.25, -0.2) is 0 Å². The fraction of sp³-hybridized carbons (Fsp3) is 0.622. The maximum Gasteiger partial charge on any atom is 0.224 e. The van der Waals surface area contributed by atoms with Crippen LogP contribution in [0.25, 0.3) is 0 Å². The summed E-state index contributed by atoms with van der Waals surface area (Å²) in [6, 6.07) is 16.5. The molecule has 3 fully saturated rings. The Bertz CT molecular complexity index is 1300. The van der Waals surface area contributed by atoms with Crippen LogP contribution >= 0.6 is 0 Å². The second-order valence-electron chi connectivity index (χ2n) is 14.9. The van der Waals surface area contributed by atoms with E-state index in [0.29, 0.717) is 29.8 Å². The van der Waals surface area contributed by atoms with Gasteiger partial charge in [-0.1, -0.05) is 70.5 Å². The normalized spacial score (nSPS) is 29.3. The van der Waals surface area contributed by atoms with Crippen molar-refractivity contribution in [3.05, 3.63) is 65.2 Å². The van der Waals surface area contributed by atoms with Crippen LogP contribution in [0, 0.1) is 16.7 Å². The van der Waals surface area contributed by atoms with Crippen molar-refractivity contribution >= 4 is 17.5 Å². The Morgan fingerprint density at radius 3 is 2.36 bits per heavy atom. The van der Waals surface area contributed by atoms with Crippen LogP contribution in [0.1, 0.15) is 109 Å². The zero-order valence-corrected chi connectivity index (χ0v) is 27.8. The molecule has 2 saturated heterocycles. The second kappa shape index (κ2) is 14.3. The Morgan fingerprint density at radius 1 is 0.956 bits per heavy atom. The summed E-state index contributed by atoms with van der Waals surface area (Å²) in [4.78, 5) is 26.2. The first-order valence-corrected chi connectivity index (χ1v) is 16.8. The number of aliphatic hydroxyl groups is 1. The first-order valence-electron chi connectivity index (χ1n) is 16.8. The Labute approximate surface area is 269 Å². The summed E-state index contributed by atoms with van der Waals surface area (Å²) < 4.78 is 13.5. The van der Waals surface area contributed by atoms with Gasteiger partial charge in [0.05, 0.1) is 18.8 Å². The van der Waals surface area contributed by atoms with Crippen LogP contribution in [0.2, 0.25) is 0 Å². The molecule has 0 spiro atoms. The van der Waals surface area contributed by atoms with Crippen LogP contribution in [-0.4, -0.2) is 53.6 Å². The molecule has 2 aliphatic heterocycles. The molecule has 6 atom stereocenters. The average molecular weight is 620 g/mol. The lowest BCUT2D eigenvalue weighted by atomic mass is 9.65. The molecule has 3 aliphatic rings. The number of benzene rings is 2. The van der Waals surface area contributed by atoms with E-state index in [9.17, 15) is 14.7 Å². The van der Waals surface area contributed by atoms with E-state index in [1.54, 1.807) is 0 Å². The molecule has 2 bridgehead atoms. The van der Waals surface area contributed by atoms with Crippen LogP contribution in [0.15, 0.2) is 48.5 Å².